The molecule has 1 nitrogen and oxygen atoms in total. The van der Waals surface area contributed by atoms with Crippen LogP contribution in [-0.2, 0) is 19.7 Å². The number of hydrogen-bond donors (Lipinski definition) is 1. The van der Waals surface area contributed by atoms with E-state index in [2.05, 4.69) is 114 Å². The largest absolute Gasteiger partial charge is 0.0622 e. The van der Waals surface area contributed by atoms with Crippen molar-refractivity contribution < 1.29 is 19.7 Å². The molecule has 0 aliphatic heterocycles. The molecule has 2 unspecified atom stereocenters. The molecule has 3 heteroatoms. The Kier molecular flexibility index (Phi) is 7.17. The average Bonchev–Trinajstić information content (AvgIpc) is 3.32. The van der Waals surface area contributed by atoms with E-state index in [-0.39, 0.29) is 6.65 Å². The summed E-state index contributed by atoms with van der Waals surface area (Å²) in [4.78, 5) is 0. The first kappa shape index (κ1) is 26.4. The molecule has 5 aliphatic rings. The zero-order chi connectivity index (χ0) is 26.5. The van der Waals surface area contributed by atoms with Gasteiger partial charge in [-0.05, 0) is 11.1 Å². The quantitative estimate of drug-likeness (QED) is 0.290. The first-order valence-electron chi connectivity index (χ1n) is 14.6. The zero-order valence-corrected chi connectivity index (χ0v) is 27.7. The minimum atomic E-state index is -2.60. The normalized spacial score (nSPS) is 30.6. The maximum Gasteiger partial charge on any atom is -0.0184 e. The Hall–Kier alpha value is -1.80. The molecule has 0 heterocycles. The third-order valence-electron chi connectivity index (χ3n) is 10.4. The molecule has 4 fully saturated rings. The predicted molar refractivity (Wildman–Crippen MR) is 163 cm³/mol. The van der Waals surface area contributed by atoms with Gasteiger partial charge in [0.15, 0.2) is 0 Å². The SMILES string of the molecule is CC1=C(C)C(C)[C]([Zr]([CH3])([NH]C23CC4C(C2)C4C3)[SiH2]c2ccccc2)=C1C.c1ccc(-c2ccccc2)cc1. The number of nitrogens with one attached hydrogen (secondary N) is 1. The second-order valence-corrected chi connectivity index (χ2v) is 33.4. The van der Waals surface area contributed by atoms with Crippen LogP contribution >= 0.6 is 0 Å². The third kappa shape index (κ3) is 4.85. The van der Waals surface area contributed by atoms with Crippen LogP contribution in [-0.4, -0.2) is 12.2 Å². The smallest absolute Gasteiger partial charge is 0.0184 e. The molecule has 8 rings (SSSR count). The summed E-state index contributed by atoms with van der Waals surface area (Å²) in [6.45, 7) is 9.41. The van der Waals surface area contributed by atoms with E-state index in [9.17, 15) is 0 Å². The first-order valence-corrected chi connectivity index (χ1v) is 26.2. The fraction of sp³-hybridized carbons (Fsp3) is 0.371. The van der Waals surface area contributed by atoms with E-state index in [4.69, 9.17) is 0 Å². The molecule has 0 radical (unpaired) electrons. The molecule has 3 aromatic rings. The minimum absolute atomic E-state index is 0.270. The van der Waals surface area contributed by atoms with Crippen molar-refractivity contribution in [2.24, 2.45) is 23.7 Å². The Morgan fingerprint density at radius 1 is 0.684 bits per heavy atom. The van der Waals surface area contributed by atoms with Crippen LogP contribution in [0.15, 0.2) is 111 Å². The van der Waals surface area contributed by atoms with Gasteiger partial charge in [0.05, 0.1) is 0 Å². The molecule has 0 aromatic heterocycles. The van der Waals surface area contributed by atoms with Gasteiger partial charge in [0.2, 0.25) is 0 Å². The molecule has 196 valence electrons. The molecule has 38 heavy (non-hydrogen) atoms. The van der Waals surface area contributed by atoms with Crippen molar-refractivity contribution in [2.75, 3.05) is 0 Å². The van der Waals surface area contributed by atoms with Crippen molar-refractivity contribution in [2.45, 2.75) is 57.1 Å². The summed E-state index contributed by atoms with van der Waals surface area (Å²) in [6, 6.07) is 32.3. The third-order valence-corrected chi connectivity index (χ3v) is 31.1. The molecule has 2 atom stereocenters. The van der Waals surface area contributed by atoms with Crippen LogP contribution in [0.1, 0.15) is 47.0 Å². The van der Waals surface area contributed by atoms with Crippen molar-refractivity contribution in [3.05, 3.63) is 111 Å². The molecule has 1 N–H and O–H groups in total. The fourth-order valence-electron chi connectivity index (χ4n) is 8.50. The minimum Gasteiger partial charge on any atom is -0.0622 e. The van der Waals surface area contributed by atoms with Gasteiger partial charge < -0.3 is 0 Å². The molecule has 5 aliphatic carbocycles. The summed E-state index contributed by atoms with van der Waals surface area (Å²) in [7, 11) is 0. The Balaban J connectivity index is 0.000000184. The standard InChI is InChI=1S/C12H10.C9H13.C7H10N.C6H7Si.CH3.Zr/c1-3-7-11(8-4-1)12-9-5-2-6-10-12;1-6-5-7(2)9(4)8(6)3;8-7-1-4-5(2-7)6(4)3-7;7-6-4-2-1-3-5-6;;/h1-10H;6H,1-4H3;4-6,8H,1-3H2;1-5H,7H2;1H3;/q;;-1;;;+1. The summed E-state index contributed by atoms with van der Waals surface area (Å²) in [5.41, 5.74) is 8.00. The monoisotopic (exact) mass is 595 g/mol. The van der Waals surface area contributed by atoms with E-state index in [0.717, 1.165) is 17.8 Å². The predicted octanol–water partition coefficient (Wildman–Crippen LogP) is 7.51. The molecule has 0 saturated heterocycles. The number of allylic oxidation sites excluding steroid dienone is 4. The van der Waals surface area contributed by atoms with Crippen LogP contribution in [0.2, 0.25) is 4.63 Å². The van der Waals surface area contributed by atoms with Gasteiger partial charge in [-0.3, -0.25) is 0 Å². The molecular formula is C35H43NSiZr. The van der Waals surface area contributed by atoms with Crippen LogP contribution in [0.25, 0.3) is 11.1 Å². The number of rotatable bonds is 6. The van der Waals surface area contributed by atoms with Gasteiger partial charge in [0.25, 0.3) is 0 Å². The molecule has 4 bridgehead atoms. The van der Waals surface area contributed by atoms with Gasteiger partial charge in [0.1, 0.15) is 0 Å². The Labute approximate surface area is 236 Å². The maximum absolute atomic E-state index is 4.60. The van der Waals surface area contributed by atoms with Crippen molar-refractivity contribution in [3.63, 3.8) is 0 Å². The van der Waals surface area contributed by atoms with Crippen LogP contribution < -0.4 is 8.45 Å². The van der Waals surface area contributed by atoms with Gasteiger partial charge in [-0.15, -0.1) is 0 Å². The summed E-state index contributed by atoms with van der Waals surface area (Å²) >= 11 is -2.60. The van der Waals surface area contributed by atoms with E-state index in [1.165, 1.54) is 30.4 Å². The summed E-state index contributed by atoms with van der Waals surface area (Å²) in [5.74, 6) is 4.00. The van der Waals surface area contributed by atoms with E-state index < -0.39 is 19.7 Å². The fourth-order valence-corrected chi connectivity index (χ4v) is 34.9. The van der Waals surface area contributed by atoms with Crippen LogP contribution in [0, 0.1) is 23.7 Å². The van der Waals surface area contributed by atoms with Crippen LogP contribution in [0.3, 0.4) is 0 Å². The molecule has 4 saturated carbocycles. The van der Waals surface area contributed by atoms with Crippen molar-refractivity contribution in [1.29, 1.82) is 0 Å². The van der Waals surface area contributed by atoms with Gasteiger partial charge in [-0.25, -0.2) is 0 Å². The first-order chi connectivity index (χ1) is 18.3. The topological polar surface area (TPSA) is 12.0 Å². The molecule has 3 aromatic carbocycles. The van der Waals surface area contributed by atoms with E-state index in [1.54, 1.807) is 21.9 Å². The van der Waals surface area contributed by atoms with Crippen molar-refractivity contribution in [3.8, 4) is 11.1 Å². The van der Waals surface area contributed by atoms with Gasteiger partial charge >= 0.3 is 166 Å². The summed E-state index contributed by atoms with van der Waals surface area (Å²) in [6.07, 6.45) is 4.51. The van der Waals surface area contributed by atoms with Crippen molar-refractivity contribution in [1.82, 2.24) is 3.26 Å². The second kappa shape index (κ2) is 10.3. The van der Waals surface area contributed by atoms with Crippen LogP contribution in [0.4, 0.5) is 0 Å². The van der Waals surface area contributed by atoms with Gasteiger partial charge in [0, 0.05) is 0 Å². The van der Waals surface area contributed by atoms with Gasteiger partial charge in [-0.2, -0.15) is 0 Å². The molecular weight excluding hydrogens is 554 g/mol. The molecule has 0 amide bonds. The van der Waals surface area contributed by atoms with E-state index in [1.807, 2.05) is 15.4 Å². The number of benzene rings is 3. The Morgan fingerprint density at radius 2 is 1.13 bits per heavy atom. The zero-order valence-electron chi connectivity index (χ0n) is 23.8. The van der Waals surface area contributed by atoms with E-state index in [0.29, 0.717) is 11.5 Å². The molecule has 0 spiro atoms. The van der Waals surface area contributed by atoms with E-state index >= 15 is 0 Å². The number of hydrogen-bond acceptors (Lipinski definition) is 1. The maximum atomic E-state index is 4.60. The Bertz CT molecular complexity index is 1290. The average molecular weight is 597 g/mol. The summed E-state index contributed by atoms with van der Waals surface area (Å²) in [5, 5.41) is 1.68. The summed E-state index contributed by atoms with van der Waals surface area (Å²) < 4.78 is 9.29. The second-order valence-electron chi connectivity index (χ2n) is 12.8. The van der Waals surface area contributed by atoms with Crippen LogP contribution in [0.5, 0.6) is 0 Å². The Morgan fingerprint density at radius 3 is 1.55 bits per heavy atom. The van der Waals surface area contributed by atoms with Gasteiger partial charge in [-0.1, -0.05) is 60.7 Å². The van der Waals surface area contributed by atoms with Crippen molar-refractivity contribution >= 4 is 11.8 Å².